The van der Waals surface area contributed by atoms with Crippen LogP contribution in [0.1, 0.15) is 21.5 Å². The largest absolute Gasteiger partial charge is 0.493 e. The van der Waals surface area contributed by atoms with Crippen LogP contribution in [-0.4, -0.2) is 25.1 Å². The van der Waals surface area contributed by atoms with E-state index in [4.69, 9.17) is 9.47 Å². The molecule has 0 saturated heterocycles. The quantitative estimate of drug-likeness (QED) is 0.669. The highest BCUT2D eigenvalue weighted by Gasteiger charge is 2.25. The van der Waals surface area contributed by atoms with Crippen molar-refractivity contribution in [3.05, 3.63) is 57.1 Å². The molecule has 0 bridgehead atoms. The third-order valence-corrected chi connectivity index (χ3v) is 3.58. The Labute approximate surface area is 139 Å². The van der Waals surface area contributed by atoms with Crippen LogP contribution in [0.3, 0.4) is 0 Å². The molecule has 0 spiro atoms. The Morgan fingerprint density at radius 1 is 1.08 bits per heavy atom. The first-order valence-electron chi connectivity index (χ1n) is 7.16. The van der Waals surface area contributed by atoms with Gasteiger partial charge in [-0.3, -0.25) is 14.9 Å². The number of benzene rings is 2. The van der Waals surface area contributed by atoms with Gasteiger partial charge in [-0.05, 0) is 31.0 Å². The Bertz CT molecular complexity index is 802. The van der Waals surface area contributed by atoms with Crippen LogP contribution in [0.2, 0.25) is 0 Å². The number of anilines is 1. The minimum atomic E-state index is -0.625. The molecule has 0 saturated carbocycles. The van der Waals surface area contributed by atoms with Crippen molar-refractivity contribution in [1.29, 1.82) is 0 Å². The van der Waals surface area contributed by atoms with Crippen LogP contribution in [-0.2, 0) is 0 Å². The van der Waals surface area contributed by atoms with Gasteiger partial charge in [0, 0.05) is 11.8 Å². The third-order valence-electron chi connectivity index (χ3n) is 3.58. The Balaban J connectivity index is 2.47. The lowest BCUT2D eigenvalue weighted by Gasteiger charge is -2.12. The van der Waals surface area contributed by atoms with E-state index in [1.54, 1.807) is 6.07 Å². The molecular formula is C17H18N2O5. The summed E-state index contributed by atoms with van der Waals surface area (Å²) in [4.78, 5) is 23.2. The van der Waals surface area contributed by atoms with Crippen LogP contribution in [0, 0.1) is 24.0 Å². The van der Waals surface area contributed by atoms with Crippen molar-refractivity contribution in [2.45, 2.75) is 13.8 Å². The predicted octanol–water partition coefficient (Wildman–Crippen LogP) is 3.48. The van der Waals surface area contributed by atoms with Gasteiger partial charge in [-0.25, -0.2) is 0 Å². The Kier molecular flexibility index (Phi) is 5.03. The van der Waals surface area contributed by atoms with Gasteiger partial charge in [0.15, 0.2) is 11.5 Å². The first-order chi connectivity index (χ1) is 11.4. The molecule has 7 nitrogen and oxygen atoms in total. The maximum Gasteiger partial charge on any atom is 0.286 e. The van der Waals surface area contributed by atoms with Crippen molar-refractivity contribution in [3.63, 3.8) is 0 Å². The number of amides is 1. The minimum Gasteiger partial charge on any atom is -0.493 e. The number of hydrogen-bond acceptors (Lipinski definition) is 5. The Morgan fingerprint density at radius 2 is 1.71 bits per heavy atom. The highest BCUT2D eigenvalue weighted by molar-refractivity contribution is 6.08. The SMILES string of the molecule is COc1cc(C(=O)Nc2cc(C)ccc2C)c([N+](=O)[O-])cc1OC. The first-order valence-corrected chi connectivity index (χ1v) is 7.16. The fourth-order valence-electron chi connectivity index (χ4n) is 2.26. The second-order valence-corrected chi connectivity index (χ2v) is 5.25. The highest BCUT2D eigenvalue weighted by Crippen LogP contribution is 2.35. The summed E-state index contributed by atoms with van der Waals surface area (Å²) in [7, 11) is 2.77. The van der Waals surface area contributed by atoms with Crippen molar-refractivity contribution in [2.24, 2.45) is 0 Å². The van der Waals surface area contributed by atoms with Gasteiger partial charge >= 0.3 is 0 Å². The Morgan fingerprint density at radius 3 is 2.29 bits per heavy atom. The van der Waals surface area contributed by atoms with Crippen molar-refractivity contribution < 1.29 is 19.2 Å². The van der Waals surface area contributed by atoms with E-state index in [0.717, 1.165) is 11.1 Å². The van der Waals surface area contributed by atoms with Gasteiger partial charge < -0.3 is 14.8 Å². The maximum absolute atomic E-state index is 12.6. The molecule has 0 fully saturated rings. The predicted molar refractivity (Wildman–Crippen MR) is 90.1 cm³/mol. The van der Waals surface area contributed by atoms with Gasteiger partial charge in [0.1, 0.15) is 5.56 Å². The van der Waals surface area contributed by atoms with E-state index >= 15 is 0 Å². The molecule has 24 heavy (non-hydrogen) atoms. The van der Waals surface area contributed by atoms with Crippen LogP contribution < -0.4 is 14.8 Å². The number of hydrogen-bond donors (Lipinski definition) is 1. The van der Waals surface area contributed by atoms with E-state index in [1.165, 1.54) is 26.4 Å². The van der Waals surface area contributed by atoms with Crippen molar-refractivity contribution in [2.75, 3.05) is 19.5 Å². The molecule has 0 heterocycles. The number of nitro benzene ring substituents is 1. The van der Waals surface area contributed by atoms with Gasteiger partial charge in [-0.15, -0.1) is 0 Å². The molecule has 0 aliphatic rings. The molecule has 1 amide bonds. The molecule has 0 unspecified atom stereocenters. The number of rotatable bonds is 5. The molecule has 2 aromatic rings. The third kappa shape index (κ3) is 3.45. The van der Waals surface area contributed by atoms with E-state index in [-0.39, 0.29) is 22.7 Å². The number of nitrogens with zero attached hydrogens (tertiary/aromatic N) is 1. The number of aryl methyl sites for hydroxylation is 2. The maximum atomic E-state index is 12.6. The van der Waals surface area contributed by atoms with E-state index in [2.05, 4.69) is 5.32 Å². The van der Waals surface area contributed by atoms with E-state index in [1.807, 2.05) is 26.0 Å². The number of nitro groups is 1. The standard InChI is InChI=1S/C17H18N2O5/c1-10-5-6-11(2)13(7-10)18-17(20)12-8-15(23-3)16(24-4)9-14(12)19(21)22/h5-9H,1-4H3,(H,18,20). The van der Waals surface area contributed by atoms with Crippen molar-refractivity contribution in [3.8, 4) is 11.5 Å². The summed E-state index contributed by atoms with van der Waals surface area (Å²) in [6.07, 6.45) is 0. The minimum absolute atomic E-state index is 0.0986. The van der Waals surface area contributed by atoms with E-state index in [0.29, 0.717) is 5.69 Å². The van der Waals surface area contributed by atoms with Gasteiger partial charge in [0.25, 0.3) is 11.6 Å². The normalized spacial score (nSPS) is 10.2. The molecule has 126 valence electrons. The zero-order valence-electron chi connectivity index (χ0n) is 13.9. The summed E-state index contributed by atoms with van der Waals surface area (Å²) in [5, 5.41) is 14.0. The van der Waals surface area contributed by atoms with Gasteiger partial charge in [-0.1, -0.05) is 12.1 Å². The zero-order valence-corrected chi connectivity index (χ0v) is 13.9. The molecule has 2 rings (SSSR count). The molecule has 0 aliphatic carbocycles. The monoisotopic (exact) mass is 330 g/mol. The van der Waals surface area contributed by atoms with Crippen LogP contribution >= 0.6 is 0 Å². The van der Waals surface area contributed by atoms with Gasteiger partial charge in [0.05, 0.1) is 25.2 Å². The van der Waals surface area contributed by atoms with Crippen LogP contribution in [0.5, 0.6) is 11.5 Å². The molecule has 2 aromatic carbocycles. The van der Waals surface area contributed by atoms with E-state index < -0.39 is 10.8 Å². The van der Waals surface area contributed by atoms with Crippen LogP contribution in [0.25, 0.3) is 0 Å². The van der Waals surface area contributed by atoms with Gasteiger partial charge in [0.2, 0.25) is 0 Å². The van der Waals surface area contributed by atoms with Crippen LogP contribution in [0.4, 0.5) is 11.4 Å². The smallest absolute Gasteiger partial charge is 0.286 e. The number of nitrogens with one attached hydrogen (secondary N) is 1. The van der Waals surface area contributed by atoms with Crippen molar-refractivity contribution in [1.82, 2.24) is 0 Å². The summed E-state index contributed by atoms with van der Waals surface area (Å²) in [5.74, 6) is -0.155. The summed E-state index contributed by atoms with van der Waals surface area (Å²) in [6.45, 7) is 3.74. The topological polar surface area (TPSA) is 90.7 Å². The molecule has 0 atom stereocenters. The number of methoxy groups -OCH3 is 2. The number of ether oxygens (including phenoxy) is 2. The highest BCUT2D eigenvalue weighted by atomic mass is 16.6. The van der Waals surface area contributed by atoms with Gasteiger partial charge in [-0.2, -0.15) is 0 Å². The summed E-state index contributed by atoms with van der Waals surface area (Å²) in [6, 6.07) is 8.08. The molecular weight excluding hydrogens is 312 g/mol. The summed E-state index contributed by atoms with van der Waals surface area (Å²) in [5.41, 5.74) is 1.98. The lowest BCUT2D eigenvalue weighted by Crippen LogP contribution is -2.15. The fourth-order valence-corrected chi connectivity index (χ4v) is 2.26. The molecule has 0 aliphatic heterocycles. The molecule has 7 heteroatoms. The average molecular weight is 330 g/mol. The first kappa shape index (κ1) is 17.3. The van der Waals surface area contributed by atoms with Crippen molar-refractivity contribution >= 4 is 17.3 Å². The lowest BCUT2D eigenvalue weighted by atomic mass is 10.1. The molecule has 1 N–H and O–H groups in total. The Hall–Kier alpha value is -3.09. The second kappa shape index (κ2) is 6.99. The van der Waals surface area contributed by atoms with E-state index in [9.17, 15) is 14.9 Å². The fraction of sp³-hybridized carbons (Fsp3) is 0.235. The summed E-state index contributed by atoms with van der Waals surface area (Å²) >= 11 is 0. The molecule has 0 radical (unpaired) electrons. The number of carbonyl (C=O) groups is 1. The van der Waals surface area contributed by atoms with Crippen LogP contribution in [0.15, 0.2) is 30.3 Å². The second-order valence-electron chi connectivity index (χ2n) is 5.25. The average Bonchev–Trinajstić information content (AvgIpc) is 2.56. The molecule has 0 aromatic heterocycles. The number of carbonyl (C=O) groups excluding carboxylic acids is 1. The summed E-state index contributed by atoms with van der Waals surface area (Å²) < 4.78 is 10.2. The lowest BCUT2D eigenvalue weighted by molar-refractivity contribution is -0.385. The zero-order chi connectivity index (χ0) is 17.9.